The Kier molecular flexibility index (Phi) is 5.57. The van der Waals surface area contributed by atoms with Crippen molar-refractivity contribution in [3.8, 4) is 11.5 Å². The van der Waals surface area contributed by atoms with Crippen molar-refractivity contribution in [2.24, 2.45) is 4.40 Å². The standard InChI is InChI=1S/C17H17N3O5S2/c1-24-13-8-7-11(9-14(13)25-2)18-16(21)10-26-17-19-12-5-3-4-6-15(12)27(22,23)20-17/h3-9H,10H2,1-2H3,(H,18,21)(H,19,20). The molecule has 2 aromatic carbocycles. The molecular weight excluding hydrogens is 390 g/mol. The zero-order valence-corrected chi connectivity index (χ0v) is 16.2. The zero-order valence-electron chi connectivity index (χ0n) is 14.6. The lowest BCUT2D eigenvalue weighted by atomic mass is 10.2. The molecular formula is C17H17N3O5S2. The molecule has 0 saturated heterocycles. The molecule has 0 bridgehead atoms. The van der Waals surface area contributed by atoms with Gasteiger partial charge < -0.3 is 20.1 Å². The molecule has 2 aromatic rings. The predicted molar refractivity (Wildman–Crippen MR) is 105 cm³/mol. The van der Waals surface area contributed by atoms with Crippen molar-refractivity contribution in [3.05, 3.63) is 42.5 Å². The fraction of sp³-hybridized carbons (Fsp3) is 0.176. The Morgan fingerprint density at radius 1 is 1.15 bits per heavy atom. The zero-order chi connectivity index (χ0) is 19.4. The third kappa shape index (κ3) is 4.34. The molecule has 8 nitrogen and oxygen atoms in total. The Morgan fingerprint density at radius 2 is 1.89 bits per heavy atom. The highest BCUT2D eigenvalue weighted by Gasteiger charge is 2.24. The van der Waals surface area contributed by atoms with Crippen molar-refractivity contribution < 1.29 is 22.7 Å². The van der Waals surface area contributed by atoms with E-state index >= 15 is 0 Å². The maximum absolute atomic E-state index is 12.2. The van der Waals surface area contributed by atoms with Gasteiger partial charge in [-0.15, -0.1) is 4.40 Å². The Labute approximate surface area is 161 Å². The van der Waals surface area contributed by atoms with Crippen molar-refractivity contribution in [1.29, 1.82) is 0 Å². The first-order chi connectivity index (χ1) is 12.9. The number of hydrogen-bond donors (Lipinski definition) is 2. The molecule has 0 fully saturated rings. The summed E-state index contributed by atoms with van der Waals surface area (Å²) in [5.41, 5.74) is 0.977. The van der Waals surface area contributed by atoms with E-state index in [0.717, 1.165) is 11.8 Å². The van der Waals surface area contributed by atoms with Crippen LogP contribution in [0.3, 0.4) is 0 Å². The van der Waals surface area contributed by atoms with Gasteiger partial charge in [-0.1, -0.05) is 23.9 Å². The molecule has 1 aliphatic heterocycles. The highest BCUT2D eigenvalue weighted by Crippen LogP contribution is 2.30. The molecule has 0 aliphatic carbocycles. The highest BCUT2D eigenvalue weighted by molar-refractivity contribution is 8.15. The van der Waals surface area contributed by atoms with Crippen molar-refractivity contribution in [1.82, 2.24) is 0 Å². The second-order valence-electron chi connectivity index (χ2n) is 5.40. The SMILES string of the molecule is COc1ccc(NC(=O)CSC2=NS(=O)(=O)c3ccccc3N2)cc1OC. The summed E-state index contributed by atoms with van der Waals surface area (Å²) in [6.07, 6.45) is 0. The summed E-state index contributed by atoms with van der Waals surface area (Å²) < 4.78 is 38.4. The third-order valence-electron chi connectivity index (χ3n) is 3.62. The van der Waals surface area contributed by atoms with Crippen LogP contribution in [0.15, 0.2) is 51.8 Å². The van der Waals surface area contributed by atoms with Gasteiger partial charge in [-0.05, 0) is 24.3 Å². The molecule has 0 unspecified atom stereocenters. The van der Waals surface area contributed by atoms with Crippen LogP contribution in [-0.4, -0.2) is 39.5 Å². The van der Waals surface area contributed by atoms with Crippen LogP contribution < -0.4 is 20.1 Å². The van der Waals surface area contributed by atoms with Gasteiger partial charge in [-0.25, -0.2) is 0 Å². The second-order valence-corrected chi connectivity index (χ2v) is 7.94. The van der Waals surface area contributed by atoms with E-state index < -0.39 is 10.0 Å². The van der Waals surface area contributed by atoms with Crippen LogP contribution >= 0.6 is 11.8 Å². The van der Waals surface area contributed by atoms with Gasteiger partial charge in [0.25, 0.3) is 10.0 Å². The molecule has 0 saturated carbocycles. The van der Waals surface area contributed by atoms with E-state index in [1.54, 1.807) is 36.4 Å². The molecule has 0 spiro atoms. The summed E-state index contributed by atoms with van der Waals surface area (Å²) in [4.78, 5) is 12.3. The van der Waals surface area contributed by atoms with Gasteiger partial charge in [0.1, 0.15) is 4.90 Å². The number of sulfonamides is 1. The fourth-order valence-corrected chi connectivity index (χ4v) is 4.44. The van der Waals surface area contributed by atoms with Gasteiger partial charge in [-0.3, -0.25) is 4.79 Å². The summed E-state index contributed by atoms with van der Waals surface area (Å²) >= 11 is 1.000. The minimum Gasteiger partial charge on any atom is -0.493 e. The normalized spacial score (nSPS) is 14.4. The van der Waals surface area contributed by atoms with Gasteiger partial charge in [0.15, 0.2) is 16.7 Å². The second kappa shape index (κ2) is 7.89. The molecule has 0 radical (unpaired) electrons. The first-order valence-electron chi connectivity index (χ1n) is 7.78. The number of nitrogens with zero attached hydrogens (tertiary/aromatic N) is 1. The number of nitrogens with one attached hydrogen (secondary N) is 2. The molecule has 1 aliphatic rings. The van der Waals surface area contributed by atoms with Crippen LogP contribution in [0.4, 0.5) is 11.4 Å². The molecule has 142 valence electrons. The molecule has 10 heteroatoms. The van der Waals surface area contributed by atoms with E-state index in [0.29, 0.717) is 22.9 Å². The Balaban J connectivity index is 1.64. The highest BCUT2D eigenvalue weighted by atomic mass is 32.2. The van der Waals surface area contributed by atoms with E-state index in [1.165, 1.54) is 20.3 Å². The Bertz CT molecular complexity index is 1010. The number of thioether (sulfide) groups is 1. The number of amidine groups is 1. The van der Waals surface area contributed by atoms with E-state index in [9.17, 15) is 13.2 Å². The number of carbonyl (C=O) groups is 1. The summed E-state index contributed by atoms with van der Waals surface area (Å²) in [6, 6.07) is 11.5. The van der Waals surface area contributed by atoms with Gasteiger partial charge >= 0.3 is 0 Å². The van der Waals surface area contributed by atoms with Crippen LogP contribution in [0.5, 0.6) is 11.5 Å². The predicted octanol–water partition coefficient (Wildman–Crippen LogP) is 2.55. The number of hydrogen-bond acceptors (Lipinski definition) is 7. The average Bonchev–Trinajstić information content (AvgIpc) is 2.66. The van der Waals surface area contributed by atoms with Crippen LogP contribution in [0.2, 0.25) is 0 Å². The van der Waals surface area contributed by atoms with Crippen molar-refractivity contribution in [3.63, 3.8) is 0 Å². The molecule has 0 aromatic heterocycles. The van der Waals surface area contributed by atoms with Gasteiger partial charge in [0.05, 0.1) is 25.7 Å². The summed E-state index contributed by atoms with van der Waals surface area (Å²) in [5, 5.41) is 5.79. The number of amides is 1. The summed E-state index contributed by atoms with van der Waals surface area (Å²) in [7, 11) is -0.743. The number of fused-ring (bicyclic) bond motifs is 1. The molecule has 27 heavy (non-hydrogen) atoms. The number of ether oxygens (including phenoxy) is 2. The first-order valence-corrected chi connectivity index (χ1v) is 10.2. The van der Waals surface area contributed by atoms with Crippen molar-refractivity contribution in [2.75, 3.05) is 30.6 Å². The fourth-order valence-electron chi connectivity index (χ4n) is 2.40. The van der Waals surface area contributed by atoms with Gasteiger partial charge in [0.2, 0.25) is 5.91 Å². The van der Waals surface area contributed by atoms with E-state index in [1.807, 2.05) is 0 Å². The summed E-state index contributed by atoms with van der Waals surface area (Å²) in [5.74, 6) is 0.712. The summed E-state index contributed by atoms with van der Waals surface area (Å²) in [6.45, 7) is 0. The lowest BCUT2D eigenvalue weighted by molar-refractivity contribution is -0.113. The van der Waals surface area contributed by atoms with E-state index in [-0.39, 0.29) is 21.7 Å². The molecule has 1 heterocycles. The van der Waals surface area contributed by atoms with Crippen LogP contribution in [0.1, 0.15) is 0 Å². The molecule has 0 atom stereocenters. The largest absolute Gasteiger partial charge is 0.493 e. The van der Waals surface area contributed by atoms with Crippen LogP contribution in [0.25, 0.3) is 0 Å². The average molecular weight is 407 g/mol. The first kappa shape index (κ1) is 19.1. The van der Waals surface area contributed by atoms with E-state index in [4.69, 9.17) is 9.47 Å². The number of methoxy groups -OCH3 is 2. The number of para-hydroxylation sites is 1. The number of rotatable bonds is 5. The molecule has 1 amide bonds. The maximum Gasteiger partial charge on any atom is 0.286 e. The van der Waals surface area contributed by atoms with Crippen molar-refractivity contribution in [2.45, 2.75) is 4.90 Å². The quantitative estimate of drug-likeness (QED) is 0.784. The maximum atomic E-state index is 12.2. The number of anilines is 2. The Hall–Kier alpha value is -2.72. The van der Waals surface area contributed by atoms with Gasteiger partial charge in [-0.2, -0.15) is 8.42 Å². The topological polar surface area (TPSA) is 106 Å². The number of carbonyl (C=O) groups excluding carboxylic acids is 1. The monoisotopic (exact) mass is 407 g/mol. The number of benzene rings is 2. The third-order valence-corrected chi connectivity index (χ3v) is 5.94. The van der Waals surface area contributed by atoms with Gasteiger partial charge in [0, 0.05) is 11.8 Å². The Morgan fingerprint density at radius 3 is 2.63 bits per heavy atom. The smallest absolute Gasteiger partial charge is 0.286 e. The minimum absolute atomic E-state index is 0.0160. The van der Waals surface area contributed by atoms with Crippen LogP contribution in [0, 0.1) is 0 Å². The van der Waals surface area contributed by atoms with Crippen molar-refractivity contribution >= 4 is 44.2 Å². The van der Waals surface area contributed by atoms with Crippen LogP contribution in [-0.2, 0) is 14.8 Å². The molecule has 2 N–H and O–H groups in total. The van der Waals surface area contributed by atoms with E-state index in [2.05, 4.69) is 15.0 Å². The lowest BCUT2D eigenvalue weighted by Gasteiger charge is -2.17. The lowest BCUT2D eigenvalue weighted by Crippen LogP contribution is -2.22. The minimum atomic E-state index is -3.77. The molecule has 3 rings (SSSR count).